The molecule has 0 saturated carbocycles. The third kappa shape index (κ3) is 2.85. The summed E-state index contributed by atoms with van der Waals surface area (Å²) in [5.41, 5.74) is 2.27. The highest BCUT2D eigenvalue weighted by Crippen LogP contribution is 2.38. The van der Waals surface area contributed by atoms with Crippen LogP contribution in [0.2, 0.25) is 0 Å². The van der Waals surface area contributed by atoms with Crippen molar-refractivity contribution in [1.82, 2.24) is 0 Å². The predicted molar refractivity (Wildman–Crippen MR) is 69.2 cm³/mol. The van der Waals surface area contributed by atoms with E-state index in [-0.39, 0.29) is 0 Å². The summed E-state index contributed by atoms with van der Waals surface area (Å²) in [5.74, 6) is 0.499. The molecule has 0 fully saturated rings. The van der Waals surface area contributed by atoms with Gasteiger partial charge in [-0.15, -0.1) is 0 Å². The highest BCUT2D eigenvalue weighted by Gasteiger charge is 2.16. The summed E-state index contributed by atoms with van der Waals surface area (Å²) in [6, 6.07) is 6.15. The van der Waals surface area contributed by atoms with Crippen molar-refractivity contribution in [3.05, 3.63) is 23.8 Å². The molecule has 1 aromatic carbocycles. The molecule has 0 spiro atoms. The molecule has 0 bridgehead atoms. The van der Waals surface area contributed by atoms with Gasteiger partial charge in [-0.05, 0) is 36.9 Å². The van der Waals surface area contributed by atoms with E-state index in [9.17, 15) is 4.57 Å². The Morgan fingerprint density at radius 3 is 2.27 bits per heavy atom. The second-order valence-corrected chi connectivity index (χ2v) is 7.72. The maximum Gasteiger partial charge on any atom is 0.111 e. The summed E-state index contributed by atoms with van der Waals surface area (Å²) in [6.07, 6.45) is 0. The van der Waals surface area contributed by atoms with Crippen molar-refractivity contribution in [2.75, 3.05) is 25.7 Å². The Morgan fingerprint density at radius 2 is 1.87 bits per heavy atom. The van der Waals surface area contributed by atoms with Gasteiger partial charge in [0, 0.05) is 18.0 Å². The van der Waals surface area contributed by atoms with Gasteiger partial charge in [-0.2, -0.15) is 0 Å². The molecule has 84 valence electrons. The lowest BCUT2D eigenvalue weighted by Gasteiger charge is -2.16. The molecule has 0 aromatic heterocycles. The van der Waals surface area contributed by atoms with Crippen LogP contribution in [0.15, 0.2) is 18.2 Å². The molecule has 0 heterocycles. The van der Waals surface area contributed by atoms with Gasteiger partial charge in [0.25, 0.3) is 0 Å². The third-order valence-corrected chi connectivity index (χ3v) is 4.09. The predicted octanol–water partition coefficient (Wildman–Crippen LogP) is 3.10. The molecule has 0 aliphatic carbocycles. The highest BCUT2D eigenvalue weighted by molar-refractivity contribution is 7.70. The van der Waals surface area contributed by atoms with Gasteiger partial charge in [-0.3, -0.25) is 0 Å². The van der Waals surface area contributed by atoms with Crippen LogP contribution in [-0.2, 0) is 4.57 Å². The second-order valence-electron chi connectivity index (χ2n) is 4.53. The second kappa shape index (κ2) is 4.40. The van der Waals surface area contributed by atoms with Crippen LogP contribution in [-0.4, -0.2) is 20.4 Å². The zero-order chi connectivity index (χ0) is 11.6. The van der Waals surface area contributed by atoms with E-state index in [4.69, 9.17) is 0 Å². The van der Waals surface area contributed by atoms with E-state index in [0.717, 1.165) is 11.0 Å². The molecule has 15 heavy (non-hydrogen) atoms. The Kier molecular flexibility index (Phi) is 3.62. The van der Waals surface area contributed by atoms with E-state index in [2.05, 4.69) is 31.3 Å². The maximum absolute atomic E-state index is 12.0. The van der Waals surface area contributed by atoms with E-state index >= 15 is 0 Å². The molecule has 0 aliphatic heterocycles. The molecular weight excluding hydrogens is 205 g/mol. The van der Waals surface area contributed by atoms with E-state index in [1.165, 1.54) is 5.56 Å². The molecule has 1 rings (SSSR count). The van der Waals surface area contributed by atoms with Crippen LogP contribution in [0.1, 0.15) is 25.3 Å². The number of nitrogens with one attached hydrogen (secondary N) is 1. The monoisotopic (exact) mass is 225 g/mol. The molecule has 1 aromatic rings. The molecule has 0 radical (unpaired) electrons. The quantitative estimate of drug-likeness (QED) is 0.801. The number of hydrogen-bond donors (Lipinski definition) is 1. The van der Waals surface area contributed by atoms with Gasteiger partial charge in [0.15, 0.2) is 0 Å². The van der Waals surface area contributed by atoms with Gasteiger partial charge >= 0.3 is 0 Å². The SMILES string of the molecule is CNc1cc(C(C)C)ccc1P(C)(C)=O. The first-order valence-electron chi connectivity index (χ1n) is 5.23. The fourth-order valence-electron chi connectivity index (χ4n) is 1.58. The first-order chi connectivity index (χ1) is 6.86. The highest BCUT2D eigenvalue weighted by atomic mass is 31.2. The number of anilines is 1. The first kappa shape index (κ1) is 12.3. The van der Waals surface area contributed by atoms with E-state index in [1.807, 2.05) is 13.1 Å². The van der Waals surface area contributed by atoms with Crippen molar-refractivity contribution in [2.24, 2.45) is 0 Å². The Labute approximate surface area is 92.5 Å². The van der Waals surface area contributed by atoms with Crippen molar-refractivity contribution in [1.29, 1.82) is 0 Å². The fourth-order valence-corrected chi connectivity index (χ4v) is 2.77. The van der Waals surface area contributed by atoms with Crippen LogP contribution in [0.3, 0.4) is 0 Å². The van der Waals surface area contributed by atoms with Gasteiger partial charge in [-0.25, -0.2) is 0 Å². The Balaban J connectivity index is 3.27. The van der Waals surface area contributed by atoms with Crippen LogP contribution in [0, 0.1) is 0 Å². The molecule has 0 amide bonds. The Morgan fingerprint density at radius 1 is 1.27 bits per heavy atom. The summed E-state index contributed by atoms with van der Waals surface area (Å²) in [7, 11) is -0.311. The third-order valence-electron chi connectivity index (χ3n) is 2.54. The molecule has 0 unspecified atom stereocenters. The van der Waals surface area contributed by atoms with Crippen LogP contribution >= 0.6 is 7.14 Å². The first-order valence-corrected chi connectivity index (χ1v) is 7.83. The van der Waals surface area contributed by atoms with E-state index in [1.54, 1.807) is 13.3 Å². The summed E-state index contributed by atoms with van der Waals surface area (Å²) in [4.78, 5) is 0. The van der Waals surface area contributed by atoms with Crippen molar-refractivity contribution in [3.8, 4) is 0 Å². The van der Waals surface area contributed by atoms with Crippen molar-refractivity contribution in [3.63, 3.8) is 0 Å². The van der Waals surface area contributed by atoms with Crippen molar-refractivity contribution in [2.45, 2.75) is 19.8 Å². The number of hydrogen-bond acceptors (Lipinski definition) is 2. The molecule has 0 saturated heterocycles. The van der Waals surface area contributed by atoms with Crippen LogP contribution in [0.4, 0.5) is 5.69 Å². The minimum atomic E-state index is -2.18. The zero-order valence-corrected chi connectivity index (χ0v) is 11.1. The molecular formula is C12H20NOP. The topological polar surface area (TPSA) is 29.1 Å². The van der Waals surface area contributed by atoms with Gasteiger partial charge in [0.05, 0.1) is 0 Å². The zero-order valence-electron chi connectivity index (χ0n) is 10.2. The normalized spacial score (nSPS) is 11.9. The summed E-state index contributed by atoms with van der Waals surface area (Å²) < 4.78 is 12.0. The molecule has 3 heteroatoms. The maximum atomic E-state index is 12.0. The summed E-state index contributed by atoms with van der Waals surface area (Å²) in [6.45, 7) is 7.92. The van der Waals surface area contributed by atoms with Gasteiger partial charge in [0.1, 0.15) is 7.14 Å². The van der Waals surface area contributed by atoms with E-state index in [0.29, 0.717) is 5.92 Å². The minimum Gasteiger partial charge on any atom is -0.388 e. The molecule has 1 N–H and O–H groups in total. The van der Waals surface area contributed by atoms with Gasteiger partial charge in [-0.1, -0.05) is 19.9 Å². The summed E-state index contributed by atoms with van der Waals surface area (Å²) >= 11 is 0. The van der Waals surface area contributed by atoms with Crippen LogP contribution < -0.4 is 10.6 Å². The Bertz CT molecular complexity index is 393. The molecule has 0 atom stereocenters. The lowest BCUT2D eigenvalue weighted by molar-refractivity contribution is 0.588. The molecule has 0 aliphatic rings. The Hall–Kier alpha value is -0.750. The van der Waals surface area contributed by atoms with Crippen molar-refractivity contribution < 1.29 is 4.57 Å². The summed E-state index contributed by atoms with van der Waals surface area (Å²) in [5, 5.41) is 4.06. The van der Waals surface area contributed by atoms with E-state index < -0.39 is 7.14 Å². The lowest BCUT2D eigenvalue weighted by atomic mass is 10.0. The minimum absolute atomic E-state index is 0.499. The van der Waals surface area contributed by atoms with Crippen LogP contribution in [0.25, 0.3) is 0 Å². The van der Waals surface area contributed by atoms with Crippen LogP contribution in [0.5, 0.6) is 0 Å². The molecule has 2 nitrogen and oxygen atoms in total. The van der Waals surface area contributed by atoms with Gasteiger partial charge in [0.2, 0.25) is 0 Å². The number of benzene rings is 1. The smallest absolute Gasteiger partial charge is 0.111 e. The average Bonchev–Trinajstić information content (AvgIpc) is 2.15. The van der Waals surface area contributed by atoms with Gasteiger partial charge < -0.3 is 9.88 Å². The lowest BCUT2D eigenvalue weighted by Crippen LogP contribution is -2.10. The average molecular weight is 225 g/mol. The standard InChI is InChI=1S/C12H20NOP/c1-9(2)10-6-7-12(15(4,5)14)11(8-10)13-3/h6-9,13H,1-5H3. The van der Waals surface area contributed by atoms with Crippen molar-refractivity contribution >= 4 is 18.1 Å². The largest absolute Gasteiger partial charge is 0.388 e. The number of rotatable bonds is 3. The fraction of sp³-hybridized carbons (Fsp3) is 0.500.